The van der Waals surface area contributed by atoms with Gasteiger partial charge in [0.1, 0.15) is 11.3 Å². The molecular formula is C21H26N4O3. The number of hydrogen-bond acceptors (Lipinski definition) is 5. The molecule has 2 bridgehead atoms. The Kier molecular flexibility index (Phi) is 4.55. The summed E-state index contributed by atoms with van der Waals surface area (Å²) < 4.78 is 5.79. The lowest BCUT2D eigenvalue weighted by atomic mass is 9.97. The number of piperidine rings is 2. The summed E-state index contributed by atoms with van der Waals surface area (Å²) in [7, 11) is 0. The minimum Gasteiger partial charge on any atom is -0.451 e. The van der Waals surface area contributed by atoms with Crippen molar-refractivity contribution >= 4 is 22.8 Å². The quantitative estimate of drug-likeness (QED) is 0.881. The molecule has 5 rings (SSSR count). The minimum absolute atomic E-state index is 0.0753. The number of pyridine rings is 1. The maximum absolute atomic E-state index is 12.7. The maximum Gasteiger partial charge on any atom is 0.289 e. The number of carbonyl (C=O) groups excluding carboxylic acids is 2. The Balaban J connectivity index is 1.30. The second-order valence-electron chi connectivity index (χ2n) is 8.39. The second-order valence-corrected chi connectivity index (χ2v) is 8.39. The summed E-state index contributed by atoms with van der Waals surface area (Å²) in [5.74, 6) is 0.777. The highest BCUT2D eigenvalue weighted by atomic mass is 16.3. The Morgan fingerprint density at radius 1 is 1.11 bits per heavy atom. The monoisotopic (exact) mass is 382 g/mol. The normalized spacial score (nSPS) is 27.1. The van der Waals surface area contributed by atoms with Gasteiger partial charge in [0.25, 0.3) is 11.8 Å². The lowest BCUT2D eigenvalue weighted by Crippen LogP contribution is -2.47. The molecule has 0 saturated carbocycles. The molecule has 2 amide bonds. The van der Waals surface area contributed by atoms with Crippen LogP contribution in [0.4, 0.5) is 0 Å². The topological polar surface area (TPSA) is 78.7 Å². The van der Waals surface area contributed by atoms with Crippen LogP contribution in [0.1, 0.15) is 53.1 Å². The first-order chi connectivity index (χ1) is 13.7. The second kappa shape index (κ2) is 7.20. The SMILES string of the molecule is O=C(NC1CC2CCN(C2)C1)c1cc2oc(C(=O)N3CCCCC3)cc2cn1. The summed E-state index contributed by atoms with van der Waals surface area (Å²) in [5, 5.41) is 3.87. The molecule has 148 valence electrons. The van der Waals surface area contributed by atoms with Crippen molar-refractivity contribution in [1.82, 2.24) is 20.1 Å². The van der Waals surface area contributed by atoms with E-state index < -0.39 is 0 Å². The zero-order valence-corrected chi connectivity index (χ0v) is 16.0. The van der Waals surface area contributed by atoms with Gasteiger partial charge in [0.15, 0.2) is 5.76 Å². The van der Waals surface area contributed by atoms with Crippen molar-refractivity contribution in [2.24, 2.45) is 5.92 Å². The molecule has 5 heterocycles. The molecule has 3 aliphatic rings. The number of furan rings is 1. The van der Waals surface area contributed by atoms with Gasteiger partial charge in [-0.3, -0.25) is 14.6 Å². The number of rotatable bonds is 3. The van der Waals surface area contributed by atoms with Crippen LogP contribution in [0.15, 0.2) is 22.7 Å². The minimum atomic E-state index is -0.172. The number of fused-ring (bicyclic) bond motifs is 3. The van der Waals surface area contributed by atoms with Crippen LogP contribution in [0.2, 0.25) is 0 Å². The Labute approximate surface area is 164 Å². The molecule has 3 saturated heterocycles. The molecule has 7 nitrogen and oxygen atoms in total. The zero-order chi connectivity index (χ0) is 19.1. The Bertz CT molecular complexity index is 890. The number of nitrogens with zero attached hydrogens (tertiary/aromatic N) is 3. The van der Waals surface area contributed by atoms with Crippen LogP contribution in [-0.4, -0.2) is 65.4 Å². The van der Waals surface area contributed by atoms with E-state index >= 15 is 0 Å². The largest absolute Gasteiger partial charge is 0.451 e. The van der Waals surface area contributed by atoms with Crippen LogP contribution in [0.5, 0.6) is 0 Å². The predicted octanol–water partition coefficient (Wildman–Crippen LogP) is 2.28. The Morgan fingerprint density at radius 3 is 2.79 bits per heavy atom. The number of nitrogens with one attached hydrogen (secondary N) is 1. The molecule has 0 radical (unpaired) electrons. The summed E-state index contributed by atoms with van der Waals surface area (Å²) in [6.45, 7) is 4.78. The van der Waals surface area contributed by atoms with Gasteiger partial charge < -0.3 is 19.5 Å². The number of likely N-dealkylation sites (tertiary alicyclic amines) is 1. The van der Waals surface area contributed by atoms with E-state index in [1.807, 2.05) is 4.90 Å². The highest BCUT2D eigenvalue weighted by Gasteiger charge is 2.33. The average molecular weight is 382 g/mol. The van der Waals surface area contributed by atoms with Gasteiger partial charge in [-0.1, -0.05) is 0 Å². The van der Waals surface area contributed by atoms with E-state index in [1.54, 1.807) is 18.3 Å². The third kappa shape index (κ3) is 3.39. The summed E-state index contributed by atoms with van der Waals surface area (Å²) in [6.07, 6.45) is 7.14. The van der Waals surface area contributed by atoms with Gasteiger partial charge in [0.2, 0.25) is 0 Å². The highest BCUT2D eigenvalue weighted by Crippen LogP contribution is 2.27. The number of hydrogen-bond donors (Lipinski definition) is 1. The molecular weight excluding hydrogens is 356 g/mol. The van der Waals surface area contributed by atoms with Crippen LogP contribution >= 0.6 is 0 Å². The maximum atomic E-state index is 12.7. The molecule has 28 heavy (non-hydrogen) atoms. The van der Waals surface area contributed by atoms with Crippen molar-refractivity contribution in [3.8, 4) is 0 Å². The van der Waals surface area contributed by atoms with Gasteiger partial charge in [-0.15, -0.1) is 0 Å². The van der Waals surface area contributed by atoms with E-state index in [2.05, 4.69) is 15.2 Å². The molecule has 0 aromatic carbocycles. The fraction of sp³-hybridized carbons (Fsp3) is 0.571. The molecule has 3 unspecified atom stereocenters. The highest BCUT2D eigenvalue weighted by molar-refractivity contribution is 5.98. The van der Waals surface area contributed by atoms with E-state index in [0.717, 1.165) is 57.4 Å². The standard InChI is InChI=1S/C21H26N4O3/c26-20(23-16-8-14-4-7-24(12-14)13-16)17-10-18-15(11-22-17)9-19(28-18)21(27)25-5-2-1-3-6-25/h9-11,14,16H,1-8,12-13H2,(H,23,26). The van der Waals surface area contributed by atoms with Gasteiger partial charge >= 0.3 is 0 Å². The molecule has 7 heteroatoms. The predicted molar refractivity (Wildman–Crippen MR) is 104 cm³/mol. The Morgan fingerprint density at radius 2 is 1.96 bits per heavy atom. The lowest BCUT2D eigenvalue weighted by Gasteiger charge is -2.30. The fourth-order valence-electron chi connectivity index (χ4n) is 4.84. The first kappa shape index (κ1) is 17.7. The van der Waals surface area contributed by atoms with E-state index in [4.69, 9.17) is 4.42 Å². The van der Waals surface area contributed by atoms with E-state index in [0.29, 0.717) is 23.0 Å². The first-order valence-corrected chi connectivity index (χ1v) is 10.4. The van der Waals surface area contributed by atoms with Gasteiger partial charge in [-0.2, -0.15) is 0 Å². The number of aromatic nitrogens is 1. The molecule has 2 aromatic heterocycles. The van der Waals surface area contributed by atoms with E-state index in [9.17, 15) is 9.59 Å². The molecule has 3 atom stereocenters. The van der Waals surface area contributed by atoms with E-state index in [1.165, 1.54) is 12.8 Å². The van der Waals surface area contributed by atoms with Gasteiger partial charge in [-0.25, -0.2) is 0 Å². The average Bonchev–Trinajstić information content (AvgIpc) is 3.30. The van der Waals surface area contributed by atoms with E-state index in [-0.39, 0.29) is 17.9 Å². The van der Waals surface area contributed by atoms with Crippen molar-refractivity contribution in [3.05, 3.63) is 29.8 Å². The van der Waals surface area contributed by atoms with Gasteiger partial charge in [0, 0.05) is 49.9 Å². The molecule has 2 aromatic rings. The van der Waals surface area contributed by atoms with Crippen LogP contribution < -0.4 is 5.32 Å². The zero-order valence-electron chi connectivity index (χ0n) is 16.0. The van der Waals surface area contributed by atoms with Crippen molar-refractivity contribution < 1.29 is 14.0 Å². The summed E-state index contributed by atoms with van der Waals surface area (Å²) in [5.41, 5.74) is 0.875. The lowest BCUT2D eigenvalue weighted by molar-refractivity contribution is 0.0694. The van der Waals surface area contributed by atoms with Crippen LogP contribution in [0.3, 0.4) is 0 Å². The smallest absolute Gasteiger partial charge is 0.289 e. The number of carbonyl (C=O) groups is 2. The van der Waals surface area contributed by atoms with Gasteiger partial charge in [-0.05, 0) is 50.6 Å². The van der Waals surface area contributed by atoms with Crippen LogP contribution in [-0.2, 0) is 0 Å². The fourth-order valence-corrected chi connectivity index (χ4v) is 4.84. The first-order valence-electron chi connectivity index (χ1n) is 10.4. The molecule has 0 aliphatic carbocycles. The van der Waals surface area contributed by atoms with Gasteiger partial charge in [0.05, 0.1) is 0 Å². The summed E-state index contributed by atoms with van der Waals surface area (Å²) >= 11 is 0. The summed E-state index contributed by atoms with van der Waals surface area (Å²) in [4.78, 5) is 33.9. The van der Waals surface area contributed by atoms with Crippen molar-refractivity contribution in [1.29, 1.82) is 0 Å². The molecule has 3 aliphatic heterocycles. The molecule has 0 spiro atoms. The van der Waals surface area contributed by atoms with Crippen molar-refractivity contribution in [2.45, 2.75) is 38.1 Å². The molecule has 1 N–H and O–H groups in total. The van der Waals surface area contributed by atoms with Crippen LogP contribution in [0.25, 0.3) is 11.0 Å². The third-order valence-corrected chi connectivity index (χ3v) is 6.29. The van der Waals surface area contributed by atoms with Crippen molar-refractivity contribution in [2.75, 3.05) is 32.7 Å². The van der Waals surface area contributed by atoms with Crippen LogP contribution in [0, 0.1) is 5.92 Å². The Hall–Kier alpha value is -2.41. The van der Waals surface area contributed by atoms with Crippen molar-refractivity contribution in [3.63, 3.8) is 0 Å². The summed E-state index contributed by atoms with van der Waals surface area (Å²) in [6, 6.07) is 3.56. The number of amides is 2. The molecule has 3 fully saturated rings. The third-order valence-electron chi connectivity index (χ3n) is 6.29.